The molecule has 0 spiro atoms. The summed E-state index contributed by atoms with van der Waals surface area (Å²) < 4.78 is 39.5. The number of aliphatic hydroxyl groups excluding tert-OH is 1. The topological polar surface area (TPSA) is 82.6 Å². The van der Waals surface area contributed by atoms with Gasteiger partial charge in [-0.25, -0.2) is 0 Å². The van der Waals surface area contributed by atoms with Crippen molar-refractivity contribution in [3.05, 3.63) is 54.6 Å². The van der Waals surface area contributed by atoms with Crippen molar-refractivity contribution in [1.29, 1.82) is 0 Å². The normalized spacial score (nSPS) is 20.2. The van der Waals surface area contributed by atoms with Crippen LogP contribution in [0.15, 0.2) is 54.6 Å². The van der Waals surface area contributed by atoms with Crippen molar-refractivity contribution in [2.45, 2.75) is 6.10 Å². The van der Waals surface area contributed by atoms with E-state index in [1.54, 1.807) is 0 Å². The lowest BCUT2D eigenvalue weighted by Gasteiger charge is -2.38. The molecule has 0 aromatic heterocycles. The van der Waals surface area contributed by atoms with E-state index in [1.165, 1.54) is 8.61 Å². The van der Waals surface area contributed by atoms with Crippen LogP contribution < -0.4 is 4.74 Å². The van der Waals surface area contributed by atoms with Gasteiger partial charge in [0.1, 0.15) is 18.5 Å². The third kappa shape index (κ3) is 5.86. The Morgan fingerprint density at radius 3 is 2.09 bits per heavy atom. The zero-order valence-corrected chi connectivity index (χ0v) is 19.0. The predicted octanol–water partition coefficient (Wildman–Crippen LogP) is 1.29. The molecule has 2 heterocycles. The first-order chi connectivity index (χ1) is 15.5. The maximum Gasteiger partial charge on any atom is 0.282 e. The summed E-state index contributed by atoms with van der Waals surface area (Å²) in [5, 5.41) is 10.4. The number of piperazine rings is 1. The highest BCUT2D eigenvalue weighted by Crippen LogP contribution is 2.22. The van der Waals surface area contributed by atoms with E-state index in [9.17, 15) is 13.5 Å². The van der Waals surface area contributed by atoms with E-state index < -0.39 is 16.3 Å². The summed E-state index contributed by atoms with van der Waals surface area (Å²) >= 11 is 0. The van der Waals surface area contributed by atoms with Crippen LogP contribution in [-0.4, -0.2) is 98.8 Å². The third-order valence-corrected chi connectivity index (χ3v) is 7.86. The van der Waals surface area contributed by atoms with Crippen molar-refractivity contribution in [2.24, 2.45) is 0 Å². The predicted molar refractivity (Wildman–Crippen MR) is 123 cm³/mol. The van der Waals surface area contributed by atoms with Crippen molar-refractivity contribution >= 4 is 10.2 Å². The van der Waals surface area contributed by atoms with Crippen LogP contribution in [0.4, 0.5) is 0 Å². The standard InChI is InChI=1S/C23H31N3O5S/c27-22(19-31-23-8-6-21(7-9-23)20-4-2-1-3-5-20)18-24-10-12-25(13-11-24)32(28,29)26-14-16-30-17-15-26/h1-9,22,27H,10-19H2/t22-/m1/s1. The zero-order valence-electron chi connectivity index (χ0n) is 18.2. The van der Waals surface area contributed by atoms with E-state index in [1.807, 2.05) is 42.5 Å². The summed E-state index contributed by atoms with van der Waals surface area (Å²) in [4.78, 5) is 2.08. The first-order valence-electron chi connectivity index (χ1n) is 11.0. The van der Waals surface area contributed by atoms with Crippen molar-refractivity contribution in [3.63, 3.8) is 0 Å². The highest BCUT2D eigenvalue weighted by molar-refractivity contribution is 7.86. The molecule has 2 aromatic rings. The van der Waals surface area contributed by atoms with E-state index in [-0.39, 0.29) is 6.61 Å². The van der Waals surface area contributed by atoms with Gasteiger partial charge in [-0.05, 0) is 23.3 Å². The largest absolute Gasteiger partial charge is 0.491 e. The lowest BCUT2D eigenvalue weighted by atomic mass is 10.1. The molecule has 2 aromatic carbocycles. The fourth-order valence-electron chi connectivity index (χ4n) is 4.00. The molecule has 2 fully saturated rings. The molecule has 0 bridgehead atoms. The summed E-state index contributed by atoms with van der Waals surface area (Å²) in [6.07, 6.45) is -0.647. The van der Waals surface area contributed by atoms with Gasteiger partial charge in [0.05, 0.1) is 13.2 Å². The number of rotatable bonds is 8. The Labute approximate surface area is 190 Å². The van der Waals surface area contributed by atoms with Crippen LogP contribution in [-0.2, 0) is 14.9 Å². The molecule has 0 aliphatic carbocycles. The second-order valence-corrected chi connectivity index (χ2v) is 10.0. The number of aliphatic hydroxyl groups is 1. The van der Waals surface area contributed by atoms with Gasteiger partial charge in [0, 0.05) is 45.8 Å². The van der Waals surface area contributed by atoms with Gasteiger partial charge in [-0.2, -0.15) is 17.0 Å². The fraction of sp³-hybridized carbons (Fsp3) is 0.478. The minimum atomic E-state index is -3.43. The monoisotopic (exact) mass is 461 g/mol. The van der Waals surface area contributed by atoms with Crippen molar-refractivity contribution < 1.29 is 23.0 Å². The van der Waals surface area contributed by atoms with Crippen LogP contribution in [0.2, 0.25) is 0 Å². The molecule has 2 aliphatic rings. The van der Waals surface area contributed by atoms with Crippen molar-refractivity contribution in [2.75, 3.05) is 65.6 Å². The van der Waals surface area contributed by atoms with Gasteiger partial charge >= 0.3 is 0 Å². The van der Waals surface area contributed by atoms with Crippen LogP contribution >= 0.6 is 0 Å². The SMILES string of the molecule is O=S(=O)(N1CCOCC1)N1CCN(C[C@@H](O)COc2ccc(-c3ccccc3)cc2)CC1. The minimum Gasteiger partial charge on any atom is -0.491 e. The first-order valence-corrected chi connectivity index (χ1v) is 12.4. The number of ether oxygens (including phenoxy) is 2. The lowest BCUT2D eigenvalue weighted by Crippen LogP contribution is -2.55. The molecule has 0 amide bonds. The molecule has 2 saturated heterocycles. The second-order valence-electron chi connectivity index (χ2n) is 8.07. The Bertz CT molecular complexity index is 941. The summed E-state index contributed by atoms with van der Waals surface area (Å²) in [6, 6.07) is 18.0. The van der Waals surface area contributed by atoms with Gasteiger partial charge in [0.2, 0.25) is 0 Å². The molecule has 1 atom stereocenters. The lowest BCUT2D eigenvalue weighted by molar-refractivity contribution is 0.0526. The third-order valence-electron chi connectivity index (χ3n) is 5.83. The Balaban J connectivity index is 1.20. The average Bonchev–Trinajstić information content (AvgIpc) is 2.84. The summed E-state index contributed by atoms with van der Waals surface area (Å²) in [7, 11) is -3.43. The molecule has 1 N–H and O–H groups in total. The van der Waals surface area contributed by atoms with Crippen LogP contribution in [0.3, 0.4) is 0 Å². The summed E-state index contributed by atoms with van der Waals surface area (Å²) in [5.41, 5.74) is 2.26. The molecule has 8 nitrogen and oxygen atoms in total. The molecule has 0 saturated carbocycles. The number of hydrogen-bond acceptors (Lipinski definition) is 6. The van der Waals surface area contributed by atoms with Gasteiger partial charge in [0.25, 0.3) is 10.2 Å². The molecule has 0 unspecified atom stereocenters. The number of hydrogen-bond donors (Lipinski definition) is 1. The molecule has 0 radical (unpaired) electrons. The van der Waals surface area contributed by atoms with Gasteiger partial charge in [0.15, 0.2) is 0 Å². The quantitative estimate of drug-likeness (QED) is 0.638. The Kier molecular flexibility index (Phi) is 7.77. The zero-order chi connectivity index (χ0) is 22.4. The number of nitrogens with zero attached hydrogens (tertiary/aromatic N) is 3. The molecule has 32 heavy (non-hydrogen) atoms. The molecular formula is C23H31N3O5S. The van der Waals surface area contributed by atoms with Gasteiger partial charge in [-0.15, -0.1) is 0 Å². The smallest absolute Gasteiger partial charge is 0.282 e. The minimum absolute atomic E-state index is 0.191. The number of β-amino-alcohol motifs (C(OH)–C–C–N with tert-alkyl or cyclic N) is 1. The van der Waals surface area contributed by atoms with E-state index in [0.29, 0.717) is 64.8 Å². The number of benzene rings is 2. The van der Waals surface area contributed by atoms with Crippen LogP contribution in [0.25, 0.3) is 11.1 Å². The molecule has 9 heteroatoms. The van der Waals surface area contributed by atoms with Crippen LogP contribution in [0.5, 0.6) is 5.75 Å². The van der Waals surface area contributed by atoms with E-state index in [4.69, 9.17) is 9.47 Å². The molecule has 2 aliphatic heterocycles. The highest BCUT2D eigenvalue weighted by Gasteiger charge is 2.33. The van der Waals surface area contributed by atoms with E-state index in [2.05, 4.69) is 17.0 Å². The second kappa shape index (κ2) is 10.7. The van der Waals surface area contributed by atoms with E-state index in [0.717, 1.165) is 11.1 Å². The maximum atomic E-state index is 12.8. The summed E-state index contributed by atoms with van der Waals surface area (Å²) in [5.74, 6) is 0.713. The Morgan fingerprint density at radius 1 is 0.844 bits per heavy atom. The van der Waals surface area contributed by atoms with Crippen molar-refractivity contribution in [1.82, 2.24) is 13.5 Å². The Morgan fingerprint density at radius 2 is 1.44 bits per heavy atom. The molecule has 4 rings (SSSR count). The summed E-state index contributed by atoms with van der Waals surface area (Å²) in [6.45, 7) is 4.38. The molecule has 174 valence electrons. The molecular weight excluding hydrogens is 430 g/mol. The highest BCUT2D eigenvalue weighted by atomic mass is 32.2. The van der Waals surface area contributed by atoms with Crippen LogP contribution in [0, 0.1) is 0 Å². The van der Waals surface area contributed by atoms with Crippen LogP contribution in [0.1, 0.15) is 0 Å². The number of morpholine rings is 1. The van der Waals surface area contributed by atoms with Crippen molar-refractivity contribution in [3.8, 4) is 16.9 Å². The van der Waals surface area contributed by atoms with Gasteiger partial charge in [-0.1, -0.05) is 42.5 Å². The average molecular weight is 462 g/mol. The maximum absolute atomic E-state index is 12.8. The fourth-order valence-corrected chi connectivity index (χ4v) is 5.56. The van der Waals surface area contributed by atoms with Gasteiger partial charge < -0.3 is 14.6 Å². The Hall–Kier alpha value is -2.01. The van der Waals surface area contributed by atoms with E-state index >= 15 is 0 Å². The van der Waals surface area contributed by atoms with Gasteiger partial charge in [-0.3, -0.25) is 4.90 Å². The first kappa shape index (κ1) is 23.2.